The molecule has 1 aromatic carbocycles. The Labute approximate surface area is 165 Å². The number of carbonyl (C=O) groups excluding carboxylic acids is 2. The van der Waals surface area contributed by atoms with Crippen molar-refractivity contribution in [1.29, 1.82) is 0 Å². The number of hydrogen-bond donors (Lipinski definition) is 1. The molecule has 10 heteroatoms. The highest BCUT2D eigenvalue weighted by Crippen LogP contribution is 2.11. The van der Waals surface area contributed by atoms with Gasteiger partial charge in [0.2, 0.25) is 5.91 Å². The first-order chi connectivity index (χ1) is 12.7. The fourth-order valence-corrected chi connectivity index (χ4v) is 3.91. The minimum atomic E-state index is -3.44. The SMILES string of the molecule is CN(C)S(=O)(=O)N1CCN(C(=O)CCCNC(=O)c2ccc(Cl)cc2)CC1. The summed E-state index contributed by atoms with van der Waals surface area (Å²) in [5, 5.41) is 3.34. The number of nitrogens with zero attached hydrogens (tertiary/aromatic N) is 3. The fourth-order valence-electron chi connectivity index (χ4n) is 2.70. The number of carbonyl (C=O) groups is 2. The lowest BCUT2D eigenvalue weighted by molar-refractivity contribution is -0.132. The van der Waals surface area contributed by atoms with Crippen LogP contribution in [0.3, 0.4) is 0 Å². The number of nitrogens with one attached hydrogen (secondary N) is 1. The molecule has 0 aliphatic carbocycles. The zero-order chi connectivity index (χ0) is 20.0. The van der Waals surface area contributed by atoms with E-state index in [2.05, 4.69) is 5.32 Å². The van der Waals surface area contributed by atoms with Crippen LogP contribution in [-0.4, -0.2) is 80.6 Å². The summed E-state index contributed by atoms with van der Waals surface area (Å²) in [6.07, 6.45) is 0.829. The van der Waals surface area contributed by atoms with Gasteiger partial charge in [0.1, 0.15) is 0 Å². The second kappa shape index (κ2) is 9.50. The molecule has 1 fully saturated rings. The van der Waals surface area contributed by atoms with E-state index in [1.807, 2.05) is 0 Å². The van der Waals surface area contributed by atoms with Crippen LogP contribution in [0.25, 0.3) is 0 Å². The quantitative estimate of drug-likeness (QED) is 0.666. The average molecular weight is 417 g/mol. The summed E-state index contributed by atoms with van der Waals surface area (Å²) in [4.78, 5) is 25.9. The molecule has 150 valence electrons. The van der Waals surface area contributed by atoms with Gasteiger partial charge in [-0.1, -0.05) is 11.6 Å². The van der Waals surface area contributed by atoms with Crippen molar-refractivity contribution in [3.63, 3.8) is 0 Å². The first-order valence-corrected chi connectivity index (χ1v) is 10.5. The molecular formula is C17H25ClN4O4S. The van der Waals surface area contributed by atoms with Crippen molar-refractivity contribution < 1.29 is 18.0 Å². The van der Waals surface area contributed by atoms with E-state index in [9.17, 15) is 18.0 Å². The van der Waals surface area contributed by atoms with Crippen molar-refractivity contribution in [3.8, 4) is 0 Å². The summed E-state index contributed by atoms with van der Waals surface area (Å²) >= 11 is 5.79. The van der Waals surface area contributed by atoms with Crippen molar-refractivity contribution in [2.45, 2.75) is 12.8 Å². The van der Waals surface area contributed by atoms with E-state index in [0.29, 0.717) is 56.2 Å². The van der Waals surface area contributed by atoms with E-state index in [1.54, 1.807) is 29.2 Å². The largest absolute Gasteiger partial charge is 0.352 e. The maximum absolute atomic E-state index is 12.3. The molecule has 0 bridgehead atoms. The van der Waals surface area contributed by atoms with E-state index in [1.165, 1.54) is 22.7 Å². The molecule has 0 spiro atoms. The van der Waals surface area contributed by atoms with E-state index in [-0.39, 0.29) is 11.8 Å². The van der Waals surface area contributed by atoms with Gasteiger partial charge in [-0.3, -0.25) is 9.59 Å². The zero-order valence-corrected chi connectivity index (χ0v) is 17.1. The van der Waals surface area contributed by atoms with Crippen molar-refractivity contribution in [1.82, 2.24) is 18.8 Å². The lowest BCUT2D eigenvalue weighted by atomic mass is 10.2. The Kier molecular flexibility index (Phi) is 7.60. The van der Waals surface area contributed by atoms with Crippen LogP contribution < -0.4 is 5.32 Å². The molecule has 0 radical (unpaired) electrons. The van der Waals surface area contributed by atoms with Crippen molar-refractivity contribution in [3.05, 3.63) is 34.9 Å². The molecule has 1 heterocycles. The topological polar surface area (TPSA) is 90.0 Å². The van der Waals surface area contributed by atoms with Crippen LogP contribution >= 0.6 is 11.6 Å². The number of amides is 2. The van der Waals surface area contributed by atoms with Gasteiger partial charge in [-0.15, -0.1) is 0 Å². The summed E-state index contributed by atoms with van der Waals surface area (Å²) in [6.45, 7) is 1.73. The van der Waals surface area contributed by atoms with Crippen LogP contribution in [0.1, 0.15) is 23.2 Å². The molecular weight excluding hydrogens is 392 g/mol. The predicted octanol–water partition coefficient (Wildman–Crippen LogP) is 0.801. The molecule has 1 aromatic rings. The van der Waals surface area contributed by atoms with Crippen LogP contribution in [0, 0.1) is 0 Å². The molecule has 1 saturated heterocycles. The lowest BCUT2D eigenvalue weighted by Gasteiger charge is -2.35. The van der Waals surface area contributed by atoms with E-state index in [0.717, 1.165) is 0 Å². The first kappa shape index (κ1) is 21.6. The highest BCUT2D eigenvalue weighted by atomic mass is 35.5. The van der Waals surface area contributed by atoms with Gasteiger partial charge in [0, 0.05) is 63.8 Å². The molecule has 2 amide bonds. The lowest BCUT2D eigenvalue weighted by Crippen LogP contribution is -2.53. The Morgan fingerprint density at radius 2 is 1.70 bits per heavy atom. The Hall–Kier alpha value is -1.68. The van der Waals surface area contributed by atoms with Gasteiger partial charge in [-0.25, -0.2) is 0 Å². The van der Waals surface area contributed by atoms with E-state index < -0.39 is 10.2 Å². The van der Waals surface area contributed by atoms with Crippen molar-refractivity contribution >= 4 is 33.6 Å². The van der Waals surface area contributed by atoms with Gasteiger partial charge in [0.25, 0.3) is 16.1 Å². The van der Waals surface area contributed by atoms with E-state index >= 15 is 0 Å². The van der Waals surface area contributed by atoms with Crippen molar-refractivity contribution in [2.24, 2.45) is 0 Å². The van der Waals surface area contributed by atoms with Gasteiger partial charge in [0.15, 0.2) is 0 Å². The van der Waals surface area contributed by atoms with Crippen LogP contribution in [0.15, 0.2) is 24.3 Å². The molecule has 0 unspecified atom stereocenters. The monoisotopic (exact) mass is 416 g/mol. The second-order valence-corrected chi connectivity index (χ2v) is 9.02. The second-order valence-electron chi connectivity index (χ2n) is 6.44. The Bertz CT molecular complexity index is 760. The molecule has 0 aromatic heterocycles. The Morgan fingerprint density at radius 1 is 1.11 bits per heavy atom. The predicted molar refractivity (Wildman–Crippen MR) is 104 cm³/mol. The molecule has 1 N–H and O–H groups in total. The molecule has 2 rings (SSSR count). The number of piperazine rings is 1. The Morgan fingerprint density at radius 3 is 2.26 bits per heavy atom. The summed E-state index contributed by atoms with van der Waals surface area (Å²) in [7, 11) is -0.453. The standard InChI is InChI=1S/C17H25ClN4O4S/c1-20(2)27(25,26)22-12-10-21(11-13-22)16(23)4-3-9-19-17(24)14-5-7-15(18)8-6-14/h5-8H,3-4,9-13H2,1-2H3,(H,19,24). The van der Waals surface area contributed by atoms with Crippen molar-refractivity contribution in [2.75, 3.05) is 46.8 Å². The highest BCUT2D eigenvalue weighted by molar-refractivity contribution is 7.86. The van der Waals surface area contributed by atoms with Gasteiger partial charge in [-0.05, 0) is 30.7 Å². The number of benzene rings is 1. The molecule has 27 heavy (non-hydrogen) atoms. The molecule has 1 aliphatic heterocycles. The minimum Gasteiger partial charge on any atom is -0.352 e. The molecule has 0 atom stereocenters. The summed E-state index contributed by atoms with van der Waals surface area (Å²) < 4.78 is 26.7. The number of hydrogen-bond acceptors (Lipinski definition) is 4. The van der Waals surface area contributed by atoms with Gasteiger partial charge >= 0.3 is 0 Å². The summed E-state index contributed by atoms with van der Waals surface area (Å²) in [5.41, 5.74) is 0.518. The van der Waals surface area contributed by atoms with Crippen LogP contribution in [0.4, 0.5) is 0 Å². The van der Waals surface area contributed by atoms with Crippen LogP contribution in [0.2, 0.25) is 5.02 Å². The minimum absolute atomic E-state index is 0.0300. The van der Waals surface area contributed by atoms with Gasteiger partial charge in [0.05, 0.1) is 0 Å². The normalized spacial score (nSPS) is 15.8. The molecule has 8 nitrogen and oxygen atoms in total. The number of halogens is 1. The first-order valence-electron chi connectivity index (χ1n) is 8.71. The maximum atomic E-state index is 12.3. The third-order valence-corrected chi connectivity index (χ3v) is 6.53. The average Bonchev–Trinajstić information content (AvgIpc) is 2.65. The van der Waals surface area contributed by atoms with E-state index in [4.69, 9.17) is 11.6 Å². The fraction of sp³-hybridized carbons (Fsp3) is 0.529. The summed E-state index contributed by atoms with van der Waals surface area (Å²) in [6, 6.07) is 6.58. The van der Waals surface area contributed by atoms with Crippen LogP contribution in [0.5, 0.6) is 0 Å². The third-order valence-electron chi connectivity index (χ3n) is 4.34. The maximum Gasteiger partial charge on any atom is 0.281 e. The van der Waals surface area contributed by atoms with Gasteiger partial charge in [-0.2, -0.15) is 17.0 Å². The smallest absolute Gasteiger partial charge is 0.281 e. The summed E-state index contributed by atoms with van der Waals surface area (Å²) in [5.74, 6) is -0.237. The van der Waals surface area contributed by atoms with Gasteiger partial charge < -0.3 is 10.2 Å². The third kappa shape index (κ3) is 5.90. The molecule has 1 aliphatic rings. The highest BCUT2D eigenvalue weighted by Gasteiger charge is 2.29. The Balaban J connectivity index is 1.69. The van der Waals surface area contributed by atoms with Crippen LogP contribution in [-0.2, 0) is 15.0 Å². The molecule has 0 saturated carbocycles. The number of rotatable bonds is 7. The zero-order valence-electron chi connectivity index (χ0n) is 15.5.